The van der Waals surface area contributed by atoms with Crippen LogP contribution in [0.5, 0.6) is 5.75 Å². The Kier molecular flexibility index (Phi) is 7.88. The Hall–Kier alpha value is -4.49. The molecule has 2 aliphatic rings. The van der Waals surface area contributed by atoms with E-state index >= 15 is 0 Å². The summed E-state index contributed by atoms with van der Waals surface area (Å²) >= 11 is 0. The Labute approximate surface area is 245 Å². The van der Waals surface area contributed by atoms with Crippen LogP contribution in [0.1, 0.15) is 68.8 Å². The van der Waals surface area contributed by atoms with Crippen molar-refractivity contribution in [2.24, 2.45) is 11.3 Å². The molecule has 228 valence electrons. The van der Waals surface area contributed by atoms with Gasteiger partial charge >= 0.3 is 12.4 Å². The number of imide groups is 1. The monoisotopic (exact) mass is 599 g/mol. The highest BCUT2D eigenvalue weighted by Gasteiger charge is 2.52. The van der Waals surface area contributed by atoms with Crippen molar-refractivity contribution in [3.8, 4) is 5.75 Å². The molecule has 2 fully saturated rings. The zero-order chi connectivity index (χ0) is 31.0. The normalized spacial score (nSPS) is 21.3. The number of nitrogens with one attached hydrogen (secondary N) is 2. The van der Waals surface area contributed by atoms with Crippen LogP contribution in [0, 0.1) is 11.3 Å². The summed E-state index contributed by atoms with van der Waals surface area (Å²) in [5.41, 5.74) is 0.623. The first-order valence-corrected chi connectivity index (χ1v) is 13.9. The second kappa shape index (κ2) is 11.3. The van der Waals surface area contributed by atoms with E-state index in [1.807, 2.05) is 0 Å². The molecule has 14 heteroatoms. The Morgan fingerprint density at radius 3 is 2.26 bits per heavy atom. The molecule has 1 saturated carbocycles. The maximum atomic E-state index is 14.1. The molecule has 0 atom stereocenters. The van der Waals surface area contributed by atoms with Gasteiger partial charge in [-0.1, -0.05) is 38.0 Å². The number of tetrazole rings is 1. The number of anilines is 2. The van der Waals surface area contributed by atoms with Crippen molar-refractivity contribution in [3.05, 3.63) is 59.7 Å². The summed E-state index contributed by atoms with van der Waals surface area (Å²) in [5, 5.41) is 15.5. The summed E-state index contributed by atoms with van der Waals surface area (Å²) in [7, 11) is 0. The second-order valence-electron chi connectivity index (χ2n) is 12.1. The van der Waals surface area contributed by atoms with Crippen LogP contribution in [0.4, 0.5) is 29.6 Å². The lowest BCUT2D eigenvalue weighted by molar-refractivity contribution is -0.274. The SMILES string of the molecule is CC(C)(C)[C@H]1CC[C@]2(CC1)CC(=O)N(c1ccc(OC(F)(F)F)cc1)C(=O)N2Cc1ccc(C(=O)Nc2nnn[nH]2)cc1. The van der Waals surface area contributed by atoms with Gasteiger partial charge in [0, 0.05) is 12.1 Å². The minimum Gasteiger partial charge on any atom is -0.406 e. The number of benzene rings is 2. The van der Waals surface area contributed by atoms with E-state index < -0.39 is 35.5 Å². The molecule has 1 aliphatic heterocycles. The Morgan fingerprint density at radius 2 is 1.70 bits per heavy atom. The van der Waals surface area contributed by atoms with E-state index in [9.17, 15) is 27.6 Å². The average molecular weight is 600 g/mol. The van der Waals surface area contributed by atoms with E-state index in [1.165, 1.54) is 12.1 Å². The average Bonchev–Trinajstić information content (AvgIpc) is 3.44. The number of halogens is 3. The number of nitrogens with zero attached hydrogens (tertiary/aromatic N) is 5. The number of carbonyl (C=O) groups excluding carboxylic acids is 3. The lowest BCUT2D eigenvalue weighted by atomic mass is 9.65. The van der Waals surface area contributed by atoms with E-state index in [0.29, 0.717) is 24.3 Å². The Morgan fingerprint density at radius 1 is 1.05 bits per heavy atom. The van der Waals surface area contributed by atoms with Crippen molar-refractivity contribution in [1.29, 1.82) is 0 Å². The number of ether oxygens (including phenoxy) is 1. The van der Waals surface area contributed by atoms with E-state index in [-0.39, 0.29) is 30.0 Å². The van der Waals surface area contributed by atoms with Gasteiger partial charge in [0.2, 0.25) is 11.9 Å². The predicted molar refractivity (Wildman–Crippen MR) is 149 cm³/mol. The minimum absolute atomic E-state index is 0.0829. The van der Waals surface area contributed by atoms with Crippen LogP contribution < -0.4 is 15.0 Å². The summed E-state index contributed by atoms with van der Waals surface area (Å²) in [6, 6.07) is 10.8. The van der Waals surface area contributed by atoms with E-state index in [1.54, 1.807) is 29.2 Å². The number of aromatic nitrogens is 4. The molecular weight excluding hydrogens is 567 g/mol. The molecule has 4 amide bonds. The van der Waals surface area contributed by atoms with Crippen LogP contribution in [0.2, 0.25) is 0 Å². The summed E-state index contributed by atoms with van der Waals surface area (Å²) in [6.45, 7) is 6.74. The fourth-order valence-electron chi connectivity index (χ4n) is 5.98. The van der Waals surface area contributed by atoms with Gasteiger partial charge in [-0.3, -0.25) is 14.9 Å². The number of rotatable bonds is 6. The van der Waals surface area contributed by atoms with Crippen LogP contribution >= 0.6 is 0 Å². The molecule has 2 aromatic carbocycles. The molecule has 1 aromatic heterocycles. The highest BCUT2D eigenvalue weighted by atomic mass is 19.4. The molecule has 0 bridgehead atoms. The highest BCUT2D eigenvalue weighted by Crippen LogP contribution is 2.48. The van der Waals surface area contributed by atoms with Gasteiger partial charge in [-0.2, -0.15) is 0 Å². The molecule has 2 heterocycles. The second-order valence-corrected chi connectivity index (χ2v) is 12.1. The fraction of sp³-hybridized carbons (Fsp3) is 0.448. The third-order valence-electron chi connectivity index (χ3n) is 8.33. The first kappa shape index (κ1) is 30.0. The summed E-state index contributed by atoms with van der Waals surface area (Å²) < 4.78 is 41.9. The molecule has 0 unspecified atom stereocenters. The molecule has 5 rings (SSSR count). The lowest BCUT2D eigenvalue weighted by Gasteiger charge is -2.53. The number of aromatic amines is 1. The maximum Gasteiger partial charge on any atom is 0.573 e. The Balaban J connectivity index is 1.40. The smallest absolute Gasteiger partial charge is 0.406 e. The van der Waals surface area contributed by atoms with Crippen LogP contribution in [-0.4, -0.2) is 55.3 Å². The third-order valence-corrected chi connectivity index (χ3v) is 8.33. The highest BCUT2D eigenvalue weighted by molar-refractivity contribution is 6.16. The maximum absolute atomic E-state index is 14.1. The lowest BCUT2D eigenvalue weighted by Crippen LogP contribution is -2.64. The molecule has 2 N–H and O–H groups in total. The molecule has 1 saturated heterocycles. The quantitative estimate of drug-likeness (QED) is 0.372. The number of amides is 4. The molecule has 11 nitrogen and oxygen atoms in total. The summed E-state index contributed by atoms with van der Waals surface area (Å²) in [6.07, 6.45) is -1.80. The van der Waals surface area contributed by atoms with Crippen LogP contribution in [0.15, 0.2) is 48.5 Å². The number of H-pyrrole nitrogens is 1. The molecule has 43 heavy (non-hydrogen) atoms. The first-order chi connectivity index (χ1) is 20.2. The van der Waals surface area contributed by atoms with Crippen LogP contribution in [-0.2, 0) is 11.3 Å². The van der Waals surface area contributed by atoms with E-state index in [4.69, 9.17) is 0 Å². The van der Waals surface area contributed by atoms with Crippen molar-refractivity contribution in [2.45, 2.75) is 71.3 Å². The minimum atomic E-state index is -4.86. The number of hydrogen-bond donors (Lipinski definition) is 2. The topological polar surface area (TPSA) is 133 Å². The van der Waals surface area contributed by atoms with E-state index in [2.05, 4.69) is 51.4 Å². The predicted octanol–water partition coefficient (Wildman–Crippen LogP) is 5.68. The van der Waals surface area contributed by atoms with Gasteiger partial charge in [0.1, 0.15) is 5.75 Å². The van der Waals surface area contributed by atoms with Gasteiger partial charge in [-0.25, -0.2) is 14.8 Å². The molecule has 3 aromatic rings. The van der Waals surface area contributed by atoms with Crippen LogP contribution in [0.25, 0.3) is 0 Å². The van der Waals surface area contributed by atoms with Crippen molar-refractivity contribution >= 4 is 29.5 Å². The van der Waals surface area contributed by atoms with Gasteiger partial charge in [0.15, 0.2) is 0 Å². The molecular formula is C29H32F3N7O4. The van der Waals surface area contributed by atoms with Crippen LogP contribution in [0.3, 0.4) is 0 Å². The molecule has 1 aliphatic carbocycles. The third kappa shape index (κ3) is 6.62. The van der Waals surface area contributed by atoms with E-state index in [0.717, 1.165) is 35.4 Å². The standard InChI is InChI=1S/C29H32F3N7O4/c1-27(2,3)20-12-14-28(15-13-20)16-23(40)39(21-8-10-22(11-9-21)43-29(30,31)32)26(42)38(28)17-18-4-6-19(7-5-18)24(41)33-25-34-36-37-35-25/h4-11,20H,12-17H2,1-3H3,(H2,33,34,35,36,37,41)/t20-,28-. The number of carbonyl (C=O) groups is 3. The zero-order valence-electron chi connectivity index (χ0n) is 23.9. The van der Waals surface area contributed by atoms with Crippen molar-refractivity contribution in [3.63, 3.8) is 0 Å². The van der Waals surface area contributed by atoms with Gasteiger partial charge < -0.3 is 9.64 Å². The summed E-state index contributed by atoms with van der Waals surface area (Å²) in [5.74, 6) is -0.754. The zero-order valence-corrected chi connectivity index (χ0v) is 23.9. The largest absolute Gasteiger partial charge is 0.573 e. The van der Waals surface area contributed by atoms with Crippen molar-refractivity contribution in [2.75, 3.05) is 10.2 Å². The van der Waals surface area contributed by atoms with Gasteiger partial charge in [0.05, 0.1) is 17.6 Å². The Bertz CT molecular complexity index is 1460. The number of hydrogen-bond acceptors (Lipinski definition) is 7. The fourth-order valence-corrected chi connectivity index (χ4v) is 5.98. The first-order valence-electron chi connectivity index (χ1n) is 13.9. The summed E-state index contributed by atoms with van der Waals surface area (Å²) in [4.78, 5) is 42.9. The van der Waals surface area contributed by atoms with Gasteiger partial charge in [-0.15, -0.1) is 13.2 Å². The van der Waals surface area contributed by atoms with Gasteiger partial charge in [-0.05, 0) is 89.4 Å². The number of alkyl halides is 3. The van der Waals surface area contributed by atoms with Crippen molar-refractivity contribution < 1.29 is 32.3 Å². The van der Waals surface area contributed by atoms with Gasteiger partial charge in [0.25, 0.3) is 5.91 Å². The van der Waals surface area contributed by atoms with Crippen molar-refractivity contribution in [1.82, 2.24) is 25.5 Å². The molecule has 0 radical (unpaired) electrons. The number of urea groups is 1. The molecule has 1 spiro atoms.